The van der Waals surface area contributed by atoms with Gasteiger partial charge in [0.05, 0.1) is 5.56 Å². The molecule has 0 saturated carbocycles. The Hall–Kier alpha value is -1.31. The number of carbonyl (C=O) groups excluding carboxylic acids is 1. The molecule has 0 aliphatic rings. The van der Waals surface area contributed by atoms with Crippen LogP contribution in [0.25, 0.3) is 0 Å². The van der Waals surface area contributed by atoms with E-state index in [4.69, 9.17) is 5.11 Å². The molecule has 1 N–H and O–H groups in total. The number of phenols is 1. The number of phenolic OH excluding ortho intramolecular Hbond substituents is 1. The van der Waals surface area contributed by atoms with Crippen molar-refractivity contribution in [3.63, 3.8) is 0 Å². The van der Waals surface area contributed by atoms with Crippen LogP contribution < -0.4 is 0 Å². The van der Waals surface area contributed by atoms with Crippen LogP contribution in [0.15, 0.2) is 24.3 Å². The Balaban J connectivity index is 0.000000461. The van der Waals surface area contributed by atoms with Crippen molar-refractivity contribution >= 4 is 6.29 Å². The summed E-state index contributed by atoms with van der Waals surface area (Å²) in [6.07, 6.45) is 0.620. The molecule has 60 valence electrons. The molecule has 0 spiro atoms. The largest absolute Gasteiger partial charge is 0.507 e. The Morgan fingerprint density at radius 2 is 1.82 bits per heavy atom. The molecule has 1 rings (SSSR count). The third kappa shape index (κ3) is 2.85. The summed E-state index contributed by atoms with van der Waals surface area (Å²) in [4.78, 5) is 10.1. The molecule has 0 aromatic heterocycles. The quantitative estimate of drug-likeness (QED) is 0.626. The molecule has 0 amide bonds. The maximum absolute atomic E-state index is 10.1. The van der Waals surface area contributed by atoms with Crippen LogP contribution in [0.3, 0.4) is 0 Å². The molecule has 0 fully saturated rings. The first-order valence-corrected chi connectivity index (χ1v) is 3.58. The Bertz CT molecular complexity index is 219. The van der Waals surface area contributed by atoms with Gasteiger partial charge in [-0.25, -0.2) is 0 Å². The van der Waals surface area contributed by atoms with E-state index in [1.807, 2.05) is 13.8 Å². The average Bonchev–Trinajstić information content (AvgIpc) is 2.09. The lowest BCUT2D eigenvalue weighted by Crippen LogP contribution is -1.77. The summed E-state index contributed by atoms with van der Waals surface area (Å²) >= 11 is 0. The summed E-state index contributed by atoms with van der Waals surface area (Å²) in [5.41, 5.74) is 0.331. The number of aromatic hydroxyl groups is 1. The van der Waals surface area contributed by atoms with Gasteiger partial charge in [0.2, 0.25) is 0 Å². The van der Waals surface area contributed by atoms with Gasteiger partial charge < -0.3 is 5.11 Å². The van der Waals surface area contributed by atoms with E-state index in [9.17, 15) is 4.79 Å². The summed E-state index contributed by atoms with van der Waals surface area (Å²) in [5, 5.41) is 8.88. The lowest BCUT2D eigenvalue weighted by molar-refractivity contribution is 0.112. The number of benzene rings is 1. The van der Waals surface area contributed by atoms with Gasteiger partial charge in [-0.15, -0.1) is 0 Å². The Morgan fingerprint density at radius 3 is 2.18 bits per heavy atom. The van der Waals surface area contributed by atoms with Gasteiger partial charge in [0.1, 0.15) is 5.75 Å². The van der Waals surface area contributed by atoms with E-state index in [1.54, 1.807) is 18.2 Å². The first-order chi connectivity index (χ1) is 5.34. The molecule has 0 aliphatic heterocycles. The predicted molar refractivity (Wildman–Crippen MR) is 44.8 cm³/mol. The van der Waals surface area contributed by atoms with Gasteiger partial charge in [-0.3, -0.25) is 4.79 Å². The van der Waals surface area contributed by atoms with Crippen molar-refractivity contribution in [1.82, 2.24) is 0 Å². The Kier molecular flexibility index (Phi) is 4.82. The normalized spacial score (nSPS) is 7.82. The van der Waals surface area contributed by atoms with Gasteiger partial charge in [0.25, 0.3) is 0 Å². The standard InChI is InChI=1S/C7H6O2.C2H6/c8-5-6-3-1-2-4-7(6)9;1-2/h1-5,9H;1-2H3. The van der Waals surface area contributed by atoms with Crippen LogP contribution >= 0.6 is 0 Å². The summed E-state index contributed by atoms with van der Waals surface area (Å²) in [6.45, 7) is 4.00. The molecule has 0 atom stereocenters. The predicted octanol–water partition coefficient (Wildman–Crippen LogP) is 2.23. The van der Waals surface area contributed by atoms with Crippen molar-refractivity contribution in [1.29, 1.82) is 0 Å². The second kappa shape index (κ2) is 5.47. The second-order valence-electron chi connectivity index (χ2n) is 1.68. The monoisotopic (exact) mass is 152 g/mol. The number of hydrogen-bond acceptors (Lipinski definition) is 2. The van der Waals surface area contributed by atoms with E-state index in [2.05, 4.69) is 0 Å². The van der Waals surface area contributed by atoms with Gasteiger partial charge in [-0.05, 0) is 12.1 Å². The molecular formula is C9H12O2. The van der Waals surface area contributed by atoms with Crippen molar-refractivity contribution < 1.29 is 9.90 Å². The fourth-order valence-electron chi connectivity index (χ4n) is 0.587. The van der Waals surface area contributed by atoms with Gasteiger partial charge in [-0.1, -0.05) is 26.0 Å². The molecule has 0 aliphatic carbocycles. The molecule has 0 heterocycles. The third-order valence-electron chi connectivity index (χ3n) is 1.06. The fraction of sp³-hybridized carbons (Fsp3) is 0.222. The van der Waals surface area contributed by atoms with Crippen molar-refractivity contribution in [2.24, 2.45) is 0 Å². The van der Waals surface area contributed by atoms with Crippen LogP contribution in [0.5, 0.6) is 5.75 Å². The highest BCUT2D eigenvalue weighted by atomic mass is 16.3. The zero-order chi connectivity index (χ0) is 8.69. The van der Waals surface area contributed by atoms with Crippen LogP contribution in [0.1, 0.15) is 24.2 Å². The number of para-hydroxylation sites is 1. The van der Waals surface area contributed by atoms with E-state index >= 15 is 0 Å². The average molecular weight is 152 g/mol. The number of aldehydes is 1. The molecule has 2 nitrogen and oxygen atoms in total. The molecule has 0 radical (unpaired) electrons. The van der Waals surface area contributed by atoms with Gasteiger partial charge in [0.15, 0.2) is 6.29 Å². The Morgan fingerprint density at radius 1 is 1.27 bits per heavy atom. The summed E-state index contributed by atoms with van der Waals surface area (Å²) in [7, 11) is 0. The minimum Gasteiger partial charge on any atom is -0.507 e. The summed E-state index contributed by atoms with van der Waals surface area (Å²) in [5.74, 6) is 0.0347. The number of rotatable bonds is 1. The zero-order valence-corrected chi connectivity index (χ0v) is 6.74. The number of hydrogen-bond donors (Lipinski definition) is 1. The van der Waals surface area contributed by atoms with Crippen LogP contribution in [0, 0.1) is 0 Å². The molecule has 0 bridgehead atoms. The van der Waals surface area contributed by atoms with Crippen LogP contribution in [0.2, 0.25) is 0 Å². The molecular weight excluding hydrogens is 140 g/mol. The minimum atomic E-state index is 0.0347. The van der Waals surface area contributed by atoms with Crippen molar-refractivity contribution in [3.8, 4) is 5.75 Å². The highest BCUT2D eigenvalue weighted by molar-refractivity contribution is 5.78. The van der Waals surface area contributed by atoms with Gasteiger partial charge >= 0.3 is 0 Å². The number of carbonyl (C=O) groups is 1. The summed E-state index contributed by atoms with van der Waals surface area (Å²) in [6, 6.07) is 6.40. The smallest absolute Gasteiger partial charge is 0.153 e. The molecule has 2 heteroatoms. The first kappa shape index (κ1) is 9.69. The van der Waals surface area contributed by atoms with Crippen molar-refractivity contribution in [2.45, 2.75) is 13.8 Å². The van der Waals surface area contributed by atoms with E-state index in [0.717, 1.165) is 0 Å². The lowest BCUT2D eigenvalue weighted by Gasteiger charge is -1.91. The fourth-order valence-corrected chi connectivity index (χ4v) is 0.587. The highest BCUT2D eigenvalue weighted by Gasteiger charge is 1.93. The SMILES string of the molecule is CC.O=Cc1ccccc1O. The van der Waals surface area contributed by atoms with Crippen LogP contribution in [-0.4, -0.2) is 11.4 Å². The maximum Gasteiger partial charge on any atom is 0.153 e. The second-order valence-corrected chi connectivity index (χ2v) is 1.68. The lowest BCUT2D eigenvalue weighted by atomic mass is 10.2. The van der Waals surface area contributed by atoms with Crippen molar-refractivity contribution in [3.05, 3.63) is 29.8 Å². The van der Waals surface area contributed by atoms with Gasteiger partial charge in [-0.2, -0.15) is 0 Å². The molecule has 11 heavy (non-hydrogen) atoms. The Labute approximate surface area is 66.5 Å². The van der Waals surface area contributed by atoms with Crippen molar-refractivity contribution in [2.75, 3.05) is 0 Å². The molecule has 0 unspecified atom stereocenters. The zero-order valence-electron chi connectivity index (χ0n) is 6.74. The van der Waals surface area contributed by atoms with E-state index in [1.165, 1.54) is 6.07 Å². The maximum atomic E-state index is 10.1. The summed E-state index contributed by atoms with van der Waals surface area (Å²) < 4.78 is 0. The van der Waals surface area contributed by atoms with E-state index in [-0.39, 0.29) is 5.75 Å². The van der Waals surface area contributed by atoms with Gasteiger partial charge in [0, 0.05) is 0 Å². The van der Waals surface area contributed by atoms with Crippen LogP contribution in [-0.2, 0) is 0 Å². The minimum absolute atomic E-state index is 0.0347. The molecule has 0 saturated heterocycles. The van der Waals surface area contributed by atoms with Crippen LogP contribution in [0.4, 0.5) is 0 Å². The molecule has 1 aromatic rings. The topological polar surface area (TPSA) is 37.3 Å². The third-order valence-corrected chi connectivity index (χ3v) is 1.06. The molecule has 1 aromatic carbocycles. The van der Waals surface area contributed by atoms with E-state index < -0.39 is 0 Å². The highest BCUT2D eigenvalue weighted by Crippen LogP contribution is 2.11. The first-order valence-electron chi connectivity index (χ1n) is 3.58. The van der Waals surface area contributed by atoms with E-state index in [0.29, 0.717) is 11.8 Å².